The van der Waals surface area contributed by atoms with Crippen molar-refractivity contribution in [3.8, 4) is 11.3 Å². The van der Waals surface area contributed by atoms with Gasteiger partial charge in [-0.1, -0.05) is 60.8 Å². The molecular formula is C26H23Cl2N3OS. The van der Waals surface area contributed by atoms with Gasteiger partial charge in [-0.25, -0.2) is 4.98 Å². The van der Waals surface area contributed by atoms with E-state index in [0.29, 0.717) is 20.7 Å². The molecule has 1 amide bonds. The molecule has 1 heterocycles. The SMILES string of the molecule is CCCCc1ccc(C(=O)Nc2cccc(-c3csc(Nc4ccc(Cl)cc4Cl)n3)c2)cc1. The fraction of sp³-hybridized carbons (Fsp3) is 0.154. The Balaban J connectivity index is 1.44. The minimum atomic E-state index is -0.132. The van der Waals surface area contributed by atoms with Crippen LogP contribution in [0.2, 0.25) is 10.0 Å². The highest BCUT2D eigenvalue weighted by atomic mass is 35.5. The maximum Gasteiger partial charge on any atom is 0.255 e. The number of halogens is 2. The second-order valence-electron chi connectivity index (χ2n) is 7.62. The molecule has 0 aliphatic carbocycles. The molecule has 0 aliphatic heterocycles. The van der Waals surface area contributed by atoms with E-state index in [9.17, 15) is 4.79 Å². The van der Waals surface area contributed by atoms with Crippen LogP contribution in [0.25, 0.3) is 11.3 Å². The predicted octanol–water partition coefficient (Wildman–Crippen LogP) is 8.46. The van der Waals surface area contributed by atoms with Crippen LogP contribution in [0.5, 0.6) is 0 Å². The van der Waals surface area contributed by atoms with Crippen LogP contribution in [0.4, 0.5) is 16.5 Å². The summed E-state index contributed by atoms with van der Waals surface area (Å²) in [6, 6.07) is 20.7. The first kappa shape index (κ1) is 23.3. The van der Waals surface area contributed by atoms with Crippen LogP contribution < -0.4 is 10.6 Å². The third-order valence-electron chi connectivity index (χ3n) is 5.13. The molecule has 3 aromatic carbocycles. The number of carbonyl (C=O) groups excluding carboxylic acids is 1. The highest BCUT2D eigenvalue weighted by molar-refractivity contribution is 7.14. The lowest BCUT2D eigenvalue weighted by Gasteiger charge is -2.08. The molecule has 0 saturated heterocycles. The molecule has 0 radical (unpaired) electrons. The van der Waals surface area contributed by atoms with Crippen molar-refractivity contribution in [3.05, 3.63) is 93.3 Å². The van der Waals surface area contributed by atoms with E-state index < -0.39 is 0 Å². The van der Waals surface area contributed by atoms with Crippen molar-refractivity contribution in [1.82, 2.24) is 4.98 Å². The summed E-state index contributed by atoms with van der Waals surface area (Å²) < 4.78 is 0. The minimum Gasteiger partial charge on any atom is -0.330 e. The van der Waals surface area contributed by atoms with Gasteiger partial charge < -0.3 is 10.6 Å². The third kappa shape index (κ3) is 6.14. The third-order valence-corrected chi connectivity index (χ3v) is 6.43. The molecule has 0 saturated carbocycles. The average molecular weight is 496 g/mol. The fourth-order valence-corrected chi connectivity index (χ4v) is 4.52. The smallest absolute Gasteiger partial charge is 0.255 e. The molecule has 0 aliphatic rings. The Morgan fingerprint density at radius 1 is 1.03 bits per heavy atom. The topological polar surface area (TPSA) is 54.0 Å². The first-order valence-corrected chi connectivity index (χ1v) is 12.3. The minimum absolute atomic E-state index is 0.132. The monoisotopic (exact) mass is 495 g/mol. The number of aryl methyl sites for hydroxylation is 1. The van der Waals surface area contributed by atoms with E-state index in [4.69, 9.17) is 23.2 Å². The van der Waals surface area contributed by atoms with Crippen molar-refractivity contribution in [2.24, 2.45) is 0 Å². The lowest BCUT2D eigenvalue weighted by Crippen LogP contribution is -2.11. The number of hydrogen-bond acceptors (Lipinski definition) is 4. The molecule has 0 unspecified atom stereocenters. The van der Waals surface area contributed by atoms with Gasteiger partial charge in [0.2, 0.25) is 0 Å². The van der Waals surface area contributed by atoms with Crippen LogP contribution in [-0.4, -0.2) is 10.9 Å². The van der Waals surface area contributed by atoms with E-state index in [2.05, 4.69) is 22.5 Å². The van der Waals surface area contributed by atoms with Crippen LogP contribution in [0.15, 0.2) is 72.1 Å². The maximum absolute atomic E-state index is 12.7. The molecule has 168 valence electrons. The van der Waals surface area contributed by atoms with Gasteiger partial charge in [0, 0.05) is 27.2 Å². The number of carbonyl (C=O) groups is 1. The van der Waals surface area contributed by atoms with E-state index in [1.54, 1.807) is 12.1 Å². The number of unbranched alkanes of at least 4 members (excludes halogenated alkanes) is 1. The van der Waals surface area contributed by atoms with Crippen LogP contribution in [0.3, 0.4) is 0 Å². The van der Waals surface area contributed by atoms with Gasteiger partial charge in [0.25, 0.3) is 5.91 Å². The molecule has 2 N–H and O–H groups in total. The van der Waals surface area contributed by atoms with E-state index in [0.717, 1.165) is 41.9 Å². The second kappa shape index (κ2) is 10.8. The number of benzene rings is 3. The van der Waals surface area contributed by atoms with Crippen molar-refractivity contribution in [1.29, 1.82) is 0 Å². The number of rotatable bonds is 8. The summed E-state index contributed by atoms with van der Waals surface area (Å²) >= 11 is 13.7. The zero-order valence-corrected chi connectivity index (χ0v) is 20.4. The fourth-order valence-electron chi connectivity index (χ4n) is 3.33. The summed E-state index contributed by atoms with van der Waals surface area (Å²) in [5.41, 5.74) is 5.07. The number of nitrogens with zero attached hydrogens (tertiary/aromatic N) is 1. The summed E-state index contributed by atoms with van der Waals surface area (Å²) in [6.07, 6.45) is 3.35. The molecule has 7 heteroatoms. The summed E-state index contributed by atoms with van der Waals surface area (Å²) in [4.78, 5) is 17.3. The lowest BCUT2D eigenvalue weighted by molar-refractivity contribution is 0.102. The number of aromatic nitrogens is 1. The Labute approximate surface area is 207 Å². The van der Waals surface area contributed by atoms with Crippen molar-refractivity contribution in [2.45, 2.75) is 26.2 Å². The summed E-state index contributed by atoms with van der Waals surface area (Å²) in [5.74, 6) is -0.132. The molecule has 4 aromatic rings. The highest BCUT2D eigenvalue weighted by Gasteiger charge is 2.10. The molecule has 0 fully saturated rings. The predicted molar refractivity (Wildman–Crippen MR) is 140 cm³/mol. The van der Waals surface area contributed by atoms with Gasteiger partial charge in [-0.3, -0.25) is 4.79 Å². The van der Waals surface area contributed by atoms with E-state index in [1.807, 2.05) is 60.0 Å². The van der Waals surface area contributed by atoms with Gasteiger partial charge in [0.05, 0.1) is 16.4 Å². The average Bonchev–Trinajstić information content (AvgIpc) is 3.29. The Morgan fingerprint density at radius 2 is 1.85 bits per heavy atom. The van der Waals surface area contributed by atoms with Gasteiger partial charge in [0.15, 0.2) is 5.13 Å². The Bertz CT molecular complexity index is 1250. The Hall–Kier alpha value is -2.86. The van der Waals surface area contributed by atoms with E-state index in [-0.39, 0.29) is 5.91 Å². The van der Waals surface area contributed by atoms with E-state index >= 15 is 0 Å². The number of anilines is 3. The van der Waals surface area contributed by atoms with Gasteiger partial charge >= 0.3 is 0 Å². The quantitative estimate of drug-likeness (QED) is 0.257. The van der Waals surface area contributed by atoms with Crippen LogP contribution in [0.1, 0.15) is 35.7 Å². The van der Waals surface area contributed by atoms with Gasteiger partial charge in [-0.15, -0.1) is 11.3 Å². The molecule has 4 nitrogen and oxygen atoms in total. The number of hydrogen-bond donors (Lipinski definition) is 2. The summed E-state index contributed by atoms with van der Waals surface area (Å²) in [7, 11) is 0. The first-order chi connectivity index (χ1) is 16.0. The Morgan fingerprint density at radius 3 is 2.61 bits per heavy atom. The summed E-state index contributed by atoms with van der Waals surface area (Å²) in [6.45, 7) is 2.17. The van der Waals surface area contributed by atoms with Gasteiger partial charge in [-0.2, -0.15) is 0 Å². The number of amides is 1. The van der Waals surface area contributed by atoms with Crippen molar-refractivity contribution in [2.75, 3.05) is 10.6 Å². The molecule has 4 rings (SSSR count). The van der Waals surface area contributed by atoms with Crippen molar-refractivity contribution >= 4 is 57.0 Å². The standard InChI is InChI=1S/C26H23Cl2N3OS/c1-2-3-5-17-8-10-18(11-9-17)25(32)29-21-7-4-6-19(14-21)24-16-33-26(31-24)30-23-13-12-20(27)15-22(23)28/h4,6-16H,2-3,5H2,1H3,(H,29,32)(H,30,31). The number of thiazole rings is 1. The lowest BCUT2D eigenvalue weighted by atomic mass is 10.1. The zero-order chi connectivity index (χ0) is 23.2. The molecule has 33 heavy (non-hydrogen) atoms. The Kier molecular flexibility index (Phi) is 7.65. The maximum atomic E-state index is 12.7. The second-order valence-corrected chi connectivity index (χ2v) is 9.32. The summed E-state index contributed by atoms with van der Waals surface area (Å²) in [5, 5.41) is 9.99. The van der Waals surface area contributed by atoms with Crippen LogP contribution in [-0.2, 0) is 6.42 Å². The van der Waals surface area contributed by atoms with Crippen LogP contribution >= 0.6 is 34.5 Å². The molecule has 0 spiro atoms. The first-order valence-electron chi connectivity index (χ1n) is 10.7. The molecule has 0 bridgehead atoms. The van der Waals surface area contributed by atoms with E-state index in [1.165, 1.54) is 16.9 Å². The van der Waals surface area contributed by atoms with Crippen molar-refractivity contribution < 1.29 is 4.79 Å². The van der Waals surface area contributed by atoms with Crippen molar-refractivity contribution in [3.63, 3.8) is 0 Å². The largest absolute Gasteiger partial charge is 0.330 e. The highest BCUT2D eigenvalue weighted by Crippen LogP contribution is 2.32. The zero-order valence-electron chi connectivity index (χ0n) is 18.1. The molecule has 1 aromatic heterocycles. The molecular weight excluding hydrogens is 473 g/mol. The van der Waals surface area contributed by atoms with Gasteiger partial charge in [-0.05, 0) is 60.9 Å². The number of nitrogens with one attached hydrogen (secondary N) is 2. The van der Waals surface area contributed by atoms with Gasteiger partial charge in [0.1, 0.15) is 0 Å². The van der Waals surface area contributed by atoms with Crippen LogP contribution in [0, 0.1) is 0 Å². The normalized spacial score (nSPS) is 10.8. The molecule has 0 atom stereocenters.